The Bertz CT molecular complexity index is 1040. The van der Waals surface area contributed by atoms with Gasteiger partial charge in [-0.3, -0.25) is 4.79 Å². The highest BCUT2D eigenvalue weighted by atomic mass is 16.3. The largest absolute Gasteiger partial charge is 0.394 e. The van der Waals surface area contributed by atoms with Crippen LogP contribution in [0.3, 0.4) is 0 Å². The molecule has 0 fully saturated rings. The van der Waals surface area contributed by atoms with Gasteiger partial charge in [-0.2, -0.15) is 0 Å². The van der Waals surface area contributed by atoms with Crippen molar-refractivity contribution in [3.05, 3.63) is 36.5 Å². The highest BCUT2D eigenvalue weighted by molar-refractivity contribution is 5.76. The minimum Gasteiger partial charge on any atom is -0.394 e. The van der Waals surface area contributed by atoms with E-state index in [0.29, 0.717) is 6.42 Å². The van der Waals surface area contributed by atoms with E-state index in [9.17, 15) is 20.1 Å². The molecule has 67 heavy (non-hydrogen) atoms. The lowest BCUT2D eigenvalue weighted by molar-refractivity contribution is -0.124. The second-order valence-corrected chi connectivity index (χ2v) is 21.0. The Morgan fingerprint density at radius 3 is 0.955 bits per heavy atom. The van der Waals surface area contributed by atoms with Crippen LogP contribution in [0.1, 0.15) is 328 Å². The Balaban J connectivity index is 3.48. The van der Waals surface area contributed by atoms with Gasteiger partial charge in [0.25, 0.3) is 0 Å². The van der Waals surface area contributed by atoms with Crippen molar-refractivity contribution < 1.29 is 20.1 Å². The van der Waals surface area contributed by atoms with Crippen LogP contribution >= 0.6 is 0 Å². The van der Waals surface area contributed by atoms with Gasteiger partial charge in [-0.1, -0.05) is 301 Å². The van der Waals surface area contributed by atoms with Crippen molar-refractivity contribution in [2.75, 3.05) is 6.61 Å². The number of carbonyl (C=O) groups excluding carboxylic acids is 1. The molecule has 0 spiro atoms. The fourth-order valence-corrected chi connectivity index (χ4v) is 9.53. The summed E-state index contributed by atoms with van der Waals surface area (Å²) >= 11 is 0. The van der Waals surface area contributed by atoms with Crippen LogP contribution in [0.2, 0.25) is 0 Å². The van der Waals surface area contributed by atoms with Gasteiger partial charge in [0.15, 0.2) is 0 Å². The lowest BCUT2D eigenvalue weighted by Crippen LogP contribution is -2.45. The van der Waals surface area contributed by atoms with E-state index in [4.69, 9.17) is 0 Å². The molecule has 0 aliphatic rings. The molecular formula is C62H119NO4. The van der Waals surface area contributed by atoms with Crippen molar-refractivity contribution in [2.24, 2.45) is 0 Å². The fourth-order valence-electron chi connectivity index (χ4n) is 9.53. The third kappa shape index (κ3) is 53.8. The highest BCUT2D eigenvalue weighted by Gasteiger charge is 2.20. The maximum Gasteiger partial charge on any atom is 0.222 e. The summed E-state index contributed by atoms with van der Waals surface area (Å²) in [5, 5.41) is 33.4. The molecule has 0 rings (SSSR count). The normalized spacial score (nSPS) is 13.4. The van der Waals surface area contributed by atoms with E-state index in [1.165, 1.54) is 270 Å². The molecule has 4 N–H and O–H groups in total. The summed E-state index contributed by atoms with van der Waals surface area (Å²) < 4.78 is 0. The summed E-state index contributed by atoms with van der Waals surface area (Å²) in [5.41, 5.74) is 0. The maximum absolute atomic E-state index is 12.5. The van der Waals surface area contributed by atoms with Gasteiger partial charge >= 0.3 is 0 Å². The van der Waals surface area contributed by atoms with Gasteiger partial charge in [0.1, 0.15) is 0 Å². The number of nitrogens with one attached hydrogen (secondary N) is 1. The molecule has 0 aliphatic heterocycles. The van der Waals surface area contributed by atoms with E-state index < -0.39 is 18.2 Å². The Labute approximate surface area is 419 Å². The number of amides is 1. The van der Waals surface area contributed by atoms with Crippen LogP contribution < -0.4 is 5.32 Å². The van der Waals surface area contributed by atoms with Crippen molar-refractivity contribution in [1.29, 1.82) is 0 Å². The summed E-state index contributed by atoms with van der Waals surface area (Å²) in [7, 11) is 0. The quantitative estimate of drug-likeness (QED) is 0.0361. The number of allylic oxidation sites excluding steroid dienone is 5. The third-order valence-electron chi connectivity index (χ3n) is 14.1. The Morgan fingerprint density at radius 1 is 0.373 bits per heavy atom. The fraction of sp³-hybridized carbons (Fsp3) is 0.887. The standard InChI is InChI=1S/C62H119NO4/c1-3-5-7-9-11-13-15-17-19-20-21-22-23-24-25-26-27-28-29-30-31-32-33-34-35-36-37-38-39-40-42-43-45-47-49-51-53-55-59(65)57-62(67)63-60(58-64)61(66)56-54-52-50-48-46-44-41-18-16-14-12-10-8-6-4-2/h30-31,46,48,54,56,59-61,64-66H,3-29,32-45,47,49-53,55,57-58H2,1-2H3,(H,63,67)/b31-30-,48-46+,56-54+. The number of hydrogen-bond acceptors (Lipinski definition) is 4. The molecule has 0 radical (unpaired) electrons. The van der Waals surface area contributed by atoms with Crippen molar-refractivity contribution in [3.8, 4) is 0 Å². The van der Waals surface area contributed by atoms with Crippen molar-refractivity contribution in [3.63, 3.8) is 0 Å². The number of aliphatic hydroxyl groups excluding tert-OH is 3. The van der Waals surface area contributed by atoms with Crippen LogP contribution in [-0.4, -0.2) is 46.1 Å². The number of rotatable bonds is 56. The molecule has 3 atom stereocenters. The summed E-state index contributed by atoms with van der Waals surface area (Å²) in [6.07, 6.45) is 75.1. The first-order valence-electron chi connectivity index (χ1n) is 30.3. The van der Waals surface area contributed by atoms with Crippen LogP contribution in [0, 0.1) is 0 Å². The smallest absolute Gasteiger partial charge is 0.222 e. The Kier molecular flexibility index (Phi) is 55.9. The molecule has 5 nitrogen and oxygen atoms in total. The molecule has 0 aromatic rings. The average molecular weight is 943 g/mol. The molecule has 0 saturated carbocycles. The predicted octanol–water partition coefficient (Wildman–Crippen LogP) is 19.0. The zero-order valence-electron chi connectivity index (χ0n) is 45.3. The Morgan fingerprint density at radius 2 is 0.642 bits per heavy atom. The summed E-state index contributed by atoms with van der Waals surface area (Å²) in [6.45, 7) is 4.23. The lowest BCUT2D eigenvalue weighted by atomic mass is 10.0. The van der Waals surface area contributed by atoms with Crippen LogP contribution in [0.5, 0.6) is 0 Å². The maximum atomic E-state index is 12.5. The predicted molar refractivity (Wildman–Crippen MR) is 296 cm³/mol. The average Bonchev–Trinajstić information content (AvgIpc) is 3.32. The number of carbonyl (C=O) groups is 1. The second-order valence-electron chi connectivity index (χ2n) is 21.0. The number of unbranched alkanes of at least 4 members (excludes halogenated alkanes) is 43. The molecule has 5 heteroatoms. The Hall–Kier alpha value is -1.43. The monoisotopic (exact) mass is 942 g/mol. The van der Waals surface area contributed by atoms with Gasteiger partial charge in [0.05, 0.1) is 31.3 Å². The van der Waals surface area contributed by atoms with Gasteiger partial charge in [0.2, 0.25) is 5.91 Å². The molecule has 0 bridgehead atoms. The second kappa shape index (κ2) is 57.2. The van der Waals surface area contributed by atoms with E-state index in [1.807, 2.05) is 6.08 Å². The lowest BCUT2D eigenvalue weighted by Gasteiger charge is -2.21. The van der Waals surface area contributed by atoms with Crippen molar-refractivity contribution in [1.82, 2.24) is 5.32 Å². The van der Waals surface area contributed by atoms with E-state index in [2.05, 4.69) is 43.5 Å². The topological polar surface area (TPSA) is 89.8 Å². The molecule has 0 aromatic heterocycles. The first kappa shape index (κ1) is 65.6. The van der Waals surface area contributed by atoms with Gasteiger partial charge in [-0.25, -0.2) is 0 Å². The minimum absolute atomic E-state index is 0.00792. The van der Waals surface area contributed by atoms with Gasteiger partial charge in [0, 0.05) is 0 Å². The molecule has 0 aliphatic carbocycles. The molecule has 0 aromatic carbocycles. The van der Waals surface area contributed by atoms with E-state index in [0.717, 1.165) is 32.1 Å². The van der Waals surface area contributed by atoms with E-state index in [-0.39, 0.29) is 18.9 Å². The summed E-state index contributed by atoms with van der Waals surface area (Å²) in [4.78, 5) is 12.5. The zero-order valence-corrected chi connectivity index (χ0v) is 45.3. The third-order valence-corrected chi connectivity index (χ3v) is 14.1. The van der Waals surface area contributed by atoms with Crippen molar-refractivity contribution >= 4 is 5.91 Å². The number of aliphatic hydroxyl groups is 3. The van der Waals surface area contributed by atoms with Gasteiger partial charge in [-0.15, -0.1) is 0 Å². The first-order chi connectivity index (χ1) is 33.0. The highest BCUT2D eigenvalue weighted by Crippen LogP contribution is 2.18. The van der Waals surface area contributed by atoms with Crippen molar-refractivity contribution in [2.45, 2.75) is 347 Å². The summed E-state index contributed by atoms with van der Waals surface area (Å²) in [6, 6.07) is -0.760. The van der Waals surface area contributed by atoms with Gasteiger partial charge in [-0.05, 0) is 57.8 Å². The summed E-state index contributed by atoms with van der Waals surface area (Å²) in [5.74, 6) is -0.322. The minimum atomic E-state index is -0.951. The molecule has 0 saturated heterocycles. The molecule has 0 heterocycles. The first-order valence-corrected chi connectivity index (χ1v) is 30.3. The van der Waals surface area contributed by atoms with Crippen LogP contribution in [0.15, 0.2) is 36.5 Å². The number of hydrogen-bond donors (Lipinski definition) is 4. The zero-order chi connectivity index (χ0) is 48.6. The van der Waals surface area contributed by atoms with Crippen LogP contribution in [-0.2, 0) is 4.79 Å². The SMILES string of the molecule is CCCCCCCCCCC/C=C/CC/C=C/C(O)C(CO)NC(=O)CC(O)CCCCCCCCCCCCCCCCC/C=C\CCCCCCCCCCCCCCCCCCCC. The molecule has 396 valence electrons. The van der Waals surface area contributed by atoms with Crippen LogP contribution in [0.25, 0.3) is 0 Å². The molecular weight excluding hydrogens is 823 g/mol. The van der Waals surface area contributed by atoms with E-state index >= 15 is 0 Å². The molecule has 1 amide bonds. The molecule has 3 unspecified atom stereocenters. The van der Waals surface area contributed by atoms with Crippen LogP contribution in [0.4, 0.5) is 0 Å². The van der Waals surface area contributed by atoms with E-state index in [1.54, 1.807) is 6.08 Å². The van der Waals surface area contributed by atoms with Gasteiger partial charge < -0.3 is 20.6 Å².